The molecule has 0 aromatic heterocycles. The molecule has 7 nitrogen and oxygen atoms in total. The molecule has 1 aliphatic carbocycles. The first-order valence-corrected chi connectivity index (χ1v) is 11.7. The number of hydrazone groups is 1. The molecule has 4 rings (SSSR count). The lowest BCUT2D eigenvalue weighted by Crippen LogP contribution is -2.09. The summed E-state index contributed by atoms with van der Waals surface area (Å²) in [5.41, 5.74) is 5.89. The van der Waals surface area contributed by atoms with E-state index in [9.17, 15) is 10.1 Å². The number of nitro benzene ring substituents is 1. The number of rotatable bonds is 10. The minimum absolute atomic E-state index is 0.0445. The molecule has 0 aliphatic heterocycles. The van der Waals surface area contributed by atoms with Gasteiger partial charge in [0.25, 0.3) is 5.69 Å². The predicted molar refractivity (Wildman–Crippen MR) is 134 cm³/mol. The van der Waals surface area contributed by atoms with Gasteiger partial charge in [0.15, 0.2) is 0 Å². The second-order valence-electron chi connectivity index (χ2n) is 8.34. The van der Waals surface area contributed by atoms with Gasteiger partial charge in [0, 0.05) is 12.1 Å². The van der Waals surface area contributed by atoms with E-state index in [4.69, 9.17) is 9.47 Å². The van der Waals surface area contributed by atoms with Crippen molar-refractivity contribution in [1.82, 2.24) is 0 Å². The fourth-order valence-corrected chi connectivity index (χ4v) is 4.08. The quantitative estimate of drug-likeness (QED) is 0.161. The van der Waals surface area contributed by atoms with Gasteiger partial charge in [-0.1, -0.05) is 31.4 Å². The fourth-order valence-electron chi connectivity index (χ4n) is 4.08. The molecule has 0 unspecified atom stereocenters. The van der Waals surface area contributed by atoms with Crippen LogP contribution >= 0.6 is 0 Å². The van der Waals surface area contributed by atoms with Crippen molar-refractivity contribution in [1.29, 1.82) is 0 Å². The van der Waals surface area contributed by atoms with E-state index >= 15 is 0 Å². The number of ether oxygens (including phenoxy) is 2. The summed E-state index contributed by atoms with van der Waals surface area (Å²) in [5.74, 6) is 2.34. The second kappa shape index (κ2) is 11.8. The molecule has 1 saturated carbocycles. The van der Waals surface area contributed by atoms with Crippen LogP contribution in [0.5, 0.6) is 11.5 Å². The third-order valence-electron chi connectivity index (χ3n) is 5.94. The molecule has 1 N–H and O–H groups in total. The van der Waals surface area contributed by atoms with Gasteiger partial charge in [-0.2, -0.15) is 5.10 Å². The molecule has 1 fully saturated rings. The molecule has 0 heterocycles. The molecule has 0 bridgehead atoms. The van der Waals surface area contributed by atoms with Crippen LogP contribution in [0.2, 0.25) is 0 Å². The van der Waals surface area contributed by atoms with Gasteiger partial charge in [0.1, 0.15) is 24.7 Å². The maximum atomic E-state index is 10.7. The average Bonchev–Trinajstić information content (AvgIpc) is 2.89. The van der Waals surface area contributed by atoms with Crippen molar-refractivity contribution in [3.05, 3.63) is 94.0 Å². The number of nitrogens with zero attached hydrogens (tertiary/aromatic N) is 2. The lowest BCUT2D eigenvalue weighted by Gasteiger charge is -2.22. The number of anilines is 1. The maximum Gasteiger partial charge on any atom is 0.269 e. The van der Waals surface area contributed by atoms with Crippen LogP contribution in [0, 0.1) is 10.1 Å². The van der Waals surface area contributed by atoms with Gasteiger partial charge in [-0.05, 0) is 78.4 Å². The van der Waals surface area contributed by atoms with Crippen molar-refractivity contribution >= 4 is 17.6 Å². The van der Waals surface area contributed by atoms with Crippen LogP contribution in [-0.4, -0.2) is 24.4 Å². The smallest absolute Gasteiger partial charge is 0.269 e. The van der Waals surface area contributed by atoms with E-state index in [0.717, 1.165) is 17.1 Å². The number of benzene rings is 3. The molecule has 1 aliphatic rings. The molecule has 0 spiro atoms. The topological polar surface area (TPSA) is 86.0 Å². The van der Waals surface area contributed by atoms with Gasteiger partial charge in [-0.15, -0.1) is 0 Å². The molecular formula is C27H29N3O4. The van der Waals surface area contributed by atoms with E-state index in [1.807, 2.05) is 24.3 Å². The van der Waals surface area contributed by atoms with Crippen molar-refractivity contribution in [2.24, 2.45) is 5.10 Å². The largest absolute Gasteiger partial charge is 0.490 e. The molecule has 3 aromatic carbocycles. The monoisotopic (exact) mass is 459 g/mol. The zero-order valence-corrected chi connectivity index (χ0v) is 19.1. The molecule has 0 saturated heterocycles. The van der Waals surface area contributed by atoms with Crippen molar-refractivity contribution < 1.29 is 14.4 Å². The minimum Gasteiger partial charge on any atom is -0.490 e. The Balaban J connectivity index is 1.16. The molecule has 0 amide bonds. The Morgan fingerprint density at radius 2 is 1.44 bits per heavy atom. The summed E-state index contributed by atoms with van der Waals surface area (Å²) >= 11 is 0. The number of hydrogen-bond acceptors (Lipinski definition) is 6. The van der Waals surface area contributed by atoms with E-state index in [1.165, 1.54) is 49.8 Å². The SMILES string of the molecule is O=[N+]([O-])c1ccc(N/N=C/c2ccc(OCCOc3ccc(C4CCCCC4)cc3)cc2)cc1. The highest BCUT2D eigenvalue weighted by atomic mass is 16.6. The van der Waals surface area contributed by atoms with Crippen molar-refractivity contribution in [3.63, 3.8) is 0 Å². The Morgan fingerprint density at radius 1 is 0.853 bits per heavy atom. The minimum atomic E-state index is -0.433. The first kappa shape index (κ1) is 23.3. The first-order chi connectivity index (χ1) is 16.7. The van der Waals surface area contributed by atoms with Gasteiger partial charge < -0.3 is 9.47 Å². The Bertz CT molecular complexity index is 1070. The summed E-state index contributed by atoms with van der Waals surface area (Å²) in [6, 6.07) is 22.2. The highest BCUT2D eigenvalue weighted by Crippen LogP contribution is 2.33. The highest BCUT2D eigenvalue weighted by Gasteiger charge is 2.15. The van der Waals surface area contributed by atoms with Crippen LogP contribution < -0.4 is 14.9 Å². The number of nitrogens with one attached hydrogen (secondary N) is 1. The fraction of sp³-hybridized carbons (Fsp3) is 0.296. The second-order valence-corrected chi connectivity index (χ2v) is 8.34. The Kier molecular flexibility index (Phi) is 8.11. The molecule has 176 valence electrons. The van der Waals surface area contributed by atoms with Crippen LogP contribution in [0.1, 0.15) is 49.1 Å². The zero-order valence-electron chi connectivity index (χ0n) is 19.1. The predicted octanol–water partition coefficient (Wildman–Crippen LogP) is 6.55. The normalized spacial score (nSPS) is 14.1. The molecule has 3 aromatic rings. The van der Waals surface area contributed by atoms with Crippen LogP contribution in [-0.2, 0) is 0 Å². The van der Waals surface area contributed by atoms with Gasteiger partial charge in [0.05, 0.1) is 16.8 Å². The summed E-state index contributed by atoms with van der Waals surface area (Å²) in [5, 5.41) is 14.8. The van der Waals surface area contributed by atoms with Gasteiger partial charge in [0.2, 0.25) is 0 Å². The summed E-state index contributed by atoms with van der Waals surface area (Å²) < 4.78 is 11.6. The summed E-state index contributed by atoms with van der Waals surface area (Å²) in [4.78, 5) is 10.3. The summed E-state index contributed by atoms with van der Waals surface area (Å²) in [7, 11) is 0. The number of hydrogen-bond donors (Lipinski definition) is 1. The van der Waals surface area contributed by atoms with E-state index in [0.29, 0.717) is 24.8 Å². The Hall–Kier alpha value is -3.87. The van der Waals surface area contributed by atoms with Crippen LogP contribution in [0.4, 0.5) is 11.4 Å². The standard InChI is InChI=1S/C27H29N3O4/c31-30(32)25-12-10-24(11-13-25)29-28-20-21-6-14-26(15-7-21)33-18-19-34-27-16-8-23(9-17-27)22-4-2-1-3-5-22/h6-17,20,22,29H,1-5,18-19H2/b28-20+. The van der Waals surface area contributed by atoms with E-state index in [-0.39, 0.29) is 5.69 Å². The van der Waals surface area contributed by atoms with Crippen molar-refractivity contribution in [2.75, 3.05) is 18.6 Å². The summed E-state index contributed by atoms with van der Waals surface area (Å²) in [6.45, 7) is 0.935. The highest BCUT2D eigenvalue weighted by molar-refractivity contribution is 5.80. The van der Waals surface area contributed by atoms with Crippen LogP contribution in [0.3, 0.4) is 0 Å². The molecule has 0 atom stereocenters. The average molecular weight is 460 g/mol. The zero-order chi connectivity index (χ0) is 23.6. The van der Waals surface area contributed by atoms with Crippen molar-refractivity contribution in [3.8, 4) is 11.5 Å². The van der Waals surface area contributed by atoms with Crippen LogP contribution in [0.15, 0.2) is 77.9 Å². The molecule has 7 heteroatoms. The number of non-ortho nitro benzene ring substituents is 1. The van der Waals surface area contributed by atoms with Gasteiger partial charge in [-0.3, -0.25) is 15.5 Å². The lowest BCUT2D eigenvalue weighted by molar-refractivity contribution is -0.384. The molecule has 0 radical (unpaired) electrons. The van der Waals surface area contributed by atoms with Crippen LogP contribution in [0.25, 0.3) is 0 Å². The third-order valence-corrected chi connectivity index (χ3v) is 5.94. The lowest BCUT2D eigenvalue weighted by atomic mass is 9.84. The van der Waals surface area contributed by atoms with E-state index < -0.39 is 4.92 Å². The van der Waals surface area contributed by atoms with E-state index in [1.54, 1.807) is 18.3 Å². The Labute approximate surface area is 199 Å². The number of nitro groups is 1. The van der Waals surface area contributed by atoms with E-state index in [2.05, 4.69) is 34.8 Å². The first-order valence-electron chi connectivity index (χ1n) is 11.7. The van der Waals surface area contributed by atoms with Gasteiger partial charge in [-0.25, -0.2) is 0 Å². The molecule has 34 heavy (non-hydrogen) atoms. The third kappa shape index (κ3) is 6.81. The Morgan fingerprint density at radius 3 is 2.03 bits per heavy atom. The van der Waals surface area contributed by atoms with Crippen molar-refractivity contribution in [2.45, 2.75) is 38.0 Å². The maximum absolute atomic E-state index is 10.7. The van der Waals surface area contributed by atoms with Gasteiger partial charge >= 0.3 is 0 Å². The molecular weight excluding hydrogens is 430 g/mol. The summed E-state index contributed by atoms with van der Waals surface area (Å²) in [6.07, 6.45) is 8.32.